The molecule has 0 fully saturated rings. The lowest BCUT2D eigenvalue weighted by Gasteiger charge is -2.13. The maximum atomic E-state index is 12.8. The van der Waals surface area contributed by atoms with Gasteiger partial charge in [-0.2, -0.15) is 28.1 Å². The summed E-state index contributed by atoms with van der Waals surface area (Å²) >= 11 is 0. The van der Waals surface area contributed by atoms with E-state index in [1.54, 1.807) is 19.1 Å². The third kappa shape index (κ3) is 4.39. The number of halogens is 3. The number of alkyl halides is 3. The molecule has 0 amide bonds. The Morgan fingerprint density at radius 2 is 1.85 bits per heavy atom. The molecule has 0 bridgehead atoms. The first-order valence-corrected chi connectivity index (χ1v) is 8.17. The van der Waals surface area contributed by atoms with Crippen LogP contribution >= 0.6 is 0 Å². The molecule has 0 saturated heterocycles. The lowest BCUT2D eigenvalue weighted by molar-refractivity contribution is -0.144. The zero-order chi connectivity index (χ0) is 19.8. The highest BCUT2D eigenvalue weighted by Gasteiger charge is 2.35. The Balaban J connectivity index is 1.84. The summed E-state index contributed by atoms with van der Waals surface area (Å²) in [4.78, 5) is 10.2. The highest BCUT2D eigenvalue weighted by molar-refractivity contribution is 5.79. The summed E-state index contributed by atoms with van der Waals surface area (Å²) in [6.45, 7) is 5.54. The first kappa shape index (κ1) is 18.7. The third-order valence-corrected chi connectivity index (χ3v) is 3.56. The van der Waals surface area contributed by atoms with Crippen molar-refractivity contribution in [1.82, 2.24) is 15.0 Å². The number of anilines is 2. The summed E-state index contributed by atoms with van der Waals surface area (Å²) in [7, 11) is 0. The number of rotatable bonds is 5. The first-order chi connectivity index (χ1) is 12.6. The normalized spacial score (nSPS) is 13.1. The van der Waals surface area contributed by atoms with E-state index in [-0.39, 0.29) is 12.1 Å². The molecular weight excluding hydrogens is 363 g/mol. The fourth-order valence-electron chi connectivity index (χ4n) is 2.44. The molecule has 2 heterocycles. The second kappa shape index (κ2) is 6.93. The van der Waals surface area contributed by atoms with Crippen molar-refractivity contribution in [2.75, 3.05) is 11.1 Å². The molecule has 0 aliphatic rings. The molecule has 3 rings (SSSR count). The summed E-state index contributed by atoms with van der Waals surface area (Å²) in [5.74, 6) is -0.998. The van der Waals surface area contributed by atoms with Crippen molar-refractivity contribution in [2.45, 2.75) is 39.1 Å². The number of fused-ring (bicyclic) bond motifs is 1. The van der Waals surface area contributed by atoms with Crippen LogP contribution in [0.25, 0.3) is 11.0 Å². The number of nitrogens with zero attached hydrogens (tertiary/aromatic N) is 3. The summed E-state index contributed by atoms with van der Waals surface area (Å²) in [5.41, 5.74) is 5.95. The van der Waals surface area contributed by atoms with Gasteiger partial charge in [-0.15, -0.1) is 0 Å². The molecule has 2 aromatic heterocycles. The predicted octanol–water partition coefficient (Wildman–Crippen LogP) is 4.18. The van der Waals surface area contributed by atoms with E-state index in [9.17, 15) is 13.2 Å². The van der Waals surface area contributed by atoms with E-state index in [1.165, 1.54) is 0 Å². The van der Waals surface area contributed by atoms with Crippen LogP contribution in [0.1, 0.15) is 38.4 Å². The molecule has 3 N–H and O–H groups in total. The quantitative estimate of drug-likeness (QED) is 0.684. The summed E-state index contributed by atoms with van der Waals surface area (Å²) in [5, 5.41) is 3.59. The van der Waals surface area contributed by atoms with E-state index < -0.39 is 24.0 Å². The highest BCUT2D eigenvalue weighted by Crippen LogP contribution is 2.30. The maximum absolute atomic E-state index is 12.8. The second-order valence-corrected chi connectivity index (χ2v) is 6.22. The molecule has 0 radical (unpaired) electrons. The maximum Gasteiger partial charge on any atom is 0.451 e. The average Bonchev–Trinajstić information content (AvgIpc) is 2.96. The van der Waals surface area contributed by atoms with Crippen molar-refractivity contribution in [1.29, 1.82) is 0 Å². The largest absolute Gasteiger partial charge is 0.491 e. The Morgan fingerprint density at radius 1 is 1.11 bits per heavy atom. The van der Waals surface area contributed by atoms with E-state index in [0.717, 1.165) is 5.39 Å². The van der Waals surface area contributed by atoms with Gasteiger partial charge in [-0.1, -0.05) is 0 Å². The Hall–Kier alpha value is -3.04. The van der Waals surface area contributed by atoms with Crippen LogP contribution < -0.4 is 15.8 Å². The molecule has 10 heteroatoms. The van der Waals surface area contributed by atoms with Gasteiger partial charge in [0, 0.05) is 11.5 Å². The molecule has 1 unspecified atom stereocenters. The van der Waals surface area contributed by atoms with Crippen molar-refractivity contribution in [3.63, 3.8) is 0 Å². The van der Waals surface area contributed by atoms with Crippen molar-refractivity contribution < 1.29 is 22.3 Å². The Morgan fingerprint density at radius 3 is 2.52 bits per heavy atom. The topological polar surface area (TPSA) is 99.1 Å². The van der Waals surface area contributed by atoms with Gasteiger partial charge in [0.25, 0.3) is 0 Å². The molecule has 27 heavy (non-hydrogen) atoms. The summed E-state index contributed by atoms with van der Waals surface area (Å²) in [6, 6.07) is 6.70. The van der Waals surface area contributed by atoms with Crippen LogP contribution in [0.15, 0.2) is 28.7 Å². The smallest absolute Gasteiger partial charge is 0.451 e. The van der Waals surface area contributed by atoms with E-state index in [4.69, 9.17) is 14.9 Å². The van der Waals surface area contributed by atoms with Gasteiger partial charge < -0.3 is 20.2 Å². The number of hydrogen-bond acceptors (Lipinski definition) is 7. The van der Waals surface area contributed by atoms with Gasteiger partial charge >= 0.3 is 6.18 Å². The van der Waals surface area contributed by atoms with Crippen LogP contribution in [-0.4, -0.2) is 21.1 Å². The SMILES string of the molecule is CC(C)Oc1ccc2cc(C(C)Nc3nc(N)nc(C(F)(F)F)n3)oc2c1. The minimum absolute atomic E-state index is 0.0228. The minimum atomic E-state index is -4.72. The number of hydrogen-bond donors (Lipinski definition) is 2. The first-order valence-electron chi connectivity index (χ1n) is 8.17. The number of nitrogens with one attached hydrogen (secondary N) is 1. The Bertz CT molecular complexity index is 955. The van der Waals surface area contributed by atoms with Crippen molar-refractivity contribution in [3.8, 4) is 5.75 Å². The number of furan rings is 1. The van der Waals surface area contributed by atoms with Gasteiger partial charge in [0.2, 0.25) is 17.7 Å². The van der Waals surface area contributed by atoms with Crippen LogP contribution in [0.3, 0.4) is 0 Å². The van der Waals surface area contributed by atoms with Crippen molar-refractivity contribution in [2.24, 2.45) is 0 Å². The van der Waals surface area contributed by atoms with Gasteiger partial charge in [0.1, 0.15) is 17.1 Å². The van der Waals surface area contributed by atoms with Crippen LogP contribution in [0.5, 0.6) is 5.75 Å². The molecule has 0 aliphatic carbocycles. The fraction of sp³-hybridized carbons (Fsp3) is 0.353. The molecule has 0 aliphatic heterocycles. The van der Waals surface area contributed by atoms with Gasteiger partial charge in [-0.05, 0) is 39.0 Å². The number of nitrogen functional groups attached to an aromatic ring is 1. The molecular formula is C17H18F3N5O2. The minimum Gasteiger partial charge on any atom is -0.491 e. The zero-order valence-electron chi connectivity index (χ0n) is 14.8. The van der Waals surface area contributed by atoms with Crippen molar-refractivity contribution in [3.05, 3.63) is 35.9 Å². The molecule has 3 aromatic rings. The zero-order valence-corrected chi connectivity index (χ0v) is 14.8. The van der Waals surface area contributed by atoms with Crippen molar-refractivity contribution >= 4 is 22.9 Å². The molecule has 1 aromatic carbocycles. The molecule has 1 atom stereocenters. The second-order valence-electron chi connectivity index (χ2n) is 6.22. The lowest BCUT2D eigenvalue weighted by Crippen LogP contribution is -2.17. The molecule has 7 nitrogen and oxygen atoms in total. The monoisotopic (exact) mass is 381 g/mol. The van der Waals surface area contributed by atoms with E-state index in [2.05, 4.69) is 20.3 Å². The van der Waals surface area contributed by atoms with Crippen LogP contribution in [-0.2, 0) is 6.18 Å². The van der Waals surface area contributed by atoms with Crippen LogP contribution in [0, 0.1) is 0 Å². The number of ether oxygens (including phenoxy) is 1. The lowest BCUT2D eigenvalue weighted by atomic mass is 10.2. The van der Waals surface area contributed by atoms with E-state index in [0.29, 0.717) is 17.1 Å². The average molecular weight is 381 g/mol. The summed E-state index contributed by atoms with van der Waals surface area (Å²) in [6.07, 6.45) is -4.70. The van der Waals surface area contributed by atoms with Crippen LogP contribution in [0.4, 0.5) is 25.1 Å². The number of nitrogens with two attached hydrogens (primary N) is 1. The summed E-state index contributed by atoms with van der Waals surface area (Å²) < 4.78 is 49.8. The fourth-order valence-corrected chi connectivity index (χ4v) is 2.44. The Kier molecular flexibility index (Phi) is 4.81. The molecule has 0 spiro atoms. The third-order valence-electron chi connectivity index (χ3n) is 3.56. The van der Waals surface area contributed by atoms with Gasteiger partial charge in [0.15, 0.2) is 0 Å². The van der Waals surface area contributed by atoms with Gasteiger partial charge in [-0.25, -0.2) is 0 Å². The number of benzene rings is 1. The van der Waals surface area contributed by atoms with E-state index in [1.807, 2.05) is 26.0 Å². The Labute approximate surface area is 152 Å². The molecule has 0 saturated carbocycles. The standard InChI is InChI=1S/C17H18F3N5O2/c1-8(2)26-11-5-4-10-6-12(27-13(10)7-11)9(3)22-16-24-14(17(18,19)20)23-15(21)25-16/h4-9H,1-3H3,(H3,21,22,23,24,25). The highest BCUT2D eigenvalue weighted by atomic mass is 19.4. The number of aromatic nitrogens is 3. The van der Waals surface area contributed by atoms with Gasteiger partial charge in [-0.3, -0.25) is 0 Å². The molecule has 144 valence electrons. The predicted molar refractivity (Wildman–Crippen MR) is 93.3 cm³/mol. The van der Waals surface area contributed by atoms with Gasteiger partial charge in [0.05, 0.1) is 12.1 Å². The van der Waals surface area contributed by atoms with E-state index >= 15 is 0 Å². The van der Waals surface area contributed by atoms with Crippen LogP contribution in [0.2, 0.25) is 0 Å².